The highest BCUT2D eigenvalue weighted by molar-refractivity contribution is 6.40. The number of nitrogens with one attached hydrogen (secondary N) is 1. The largest absolute Gasteiger partial charge is 0.438 e. The minimum absolute atomic E-state index is 0.218. The first-order chi connectivity index (χ1) is 12.8. The van der Waals surface area contributed by atoms with Crippen molar-refractivity contribution in [3.63, 3.8) is 0 Å². The number of nitrogens with zero attached hydrogens (tertiary/aromatic N) is 1. The summed E-state index contributed by atoms with van der Waals surface area (Å²) < 4.78 is 5.85. The van der Waals surface area contributed by atoms with E-state index in [0.29, 0.717) is 22.3 Å². The topological polar surface area (TPSA) is 51.2 Å². The van der Waals surface area contributed by atoms with Crippen LogP contribution in [0.1, 0.15) is 21.5 Å². The molecule has 2 aromatic carbocycles. The van der Waals surface area contributed by atoms with Crippen LogP contribution in [0.3, 0.4) is 0 Å². The van der Waals surface area contributed by atoms with Gasteiger partial charge in [-0.15, -0.1) is 0 Å². The Morgan fingerprint density at radius 3 is 2.33 bits per heavy atom. The average molecular weight is 422 g/mol. The molecule has 0 radical (unpaired) electrons. The Bertz CT molecular complexity index is 1000. The van der Waals surface area contributed by atoms with Crippen molar-refractivity contribution in [1.29, 1.82) is 0 Å². The van der Waals surface area contributed by atoms with Gasteiger partial charge in [-0.05, 0) is 55.8 Å². The molecular formula is C20H15Cl3N2O2. The van der Waals surface area contributed by atoms with E-state index in [1.165, 1.54) is 6.20 Å². The van der Waals surface area contributed by atoms with E-state index in [1.54, 1.807) is 36.4 Å². The van der Waals surface area contributed by atoms with Gasteiger partial charge in [-0.2, -0.15) is 0 Å². The monoisotopic (exact) mass is 420 g/mol. The molecule has 0 fully saturated rings. The molecule has 27 heavy (non-hydrogen) atoms. The third-order valence-electron chi connectivity index (χ3n) is 3.82. The number of aromatic nitrogens is 1. The molecule has 1 heterocycles. The summed E-state index contributed by atoms with van der Waals surface area (Å²) >= 11 is 18.1. The second-order valence-corrected chi connectivity index (χ2v) is 7.16. The average Bonchev–Trinajstić information content (AvgIpc) is 2.59. The third-order valence-corrected chi connectivity index (χ3v) is 4.69. The van der Waals surface area contributed by atoms with Gasteiger partial charge in [-0.25, -0.2) is 4.98 Å². The Kier molecular flexibility index (Phi) is 5.90. The van der Waals surface area contributed by atoms with Gasteiger partial charge in [0.1, 0.15) is 5.75 Å². The summed E-state index contributed by atoms with van der Waals surface area (Å²) in [6, 6.07) is 12.0. The number of benzene rings is 2. The van der Waals surface area contributed by atoms with Gasteiger partial charge in [0.05, 0.1) is 27.5 Å². The SMILES string of the molecule is Cc1cc(Cl)ccc1Oc1ncc(NC(=O)c2c(Cl)cccc2Cl)cc1C. The predicted molar refractivity (Wildman–Crippen MR) is 110 cm³/mol. The molecular weight excluding hydrogens is 407 g/mol. The van der Waals surface area contributed by atoms with Gasteiger partial charge in [0.25, 0.3) is 5.91 Å². The first kappa shape index (κ1) is 19.5. The lowest BCUT2D eigenvalue weighted by molar-refractivity contribution is 0.102. The number of hydrogen-bond donors (Lipinski definition) is 1. The van der Waals surface area contributed by atoms with Gasteiger partial charge in [0.15, 0.2) is 0 Å². The van der Waals surface area contributed by atoms with Gasteiger partial charge in [-0.3, -0.25) is 4.79 Å². The fraction of sp³-hybridized carbons (Fsp3) is 0.100. The standard InChI is InChI=1S/C20H15Cl3N2O2/c1-11-8-13(21)6-7-17(11)27-20-12(2)9-14(10-24-20)25-19(26)18-15(22)4-3-5-16(18)23/h3-10H,1-2H3,(H,25,26). The van der Waals surface area contributed by atoms with Crippen LogP contribution in [0.25, 0.3) is 0 Å². The number of carbonyl (C=O) groups is 1. The normalized spacial score (nSPS) is 10.6. The number of amides is 1. The molecule has 3 rings (SSSR count). The number of aryl methyl sites for hydroxylation is 2. The van der Waals surface area contributed by atoms with Crippen LogP contribution in [0.15, 0.2) is 48.7 Å². The second kappa shape index (κ2) is 8.17. The maximum atomic E-state index is 12.5. The summed E-state index contributed by atoms with van der Waals surface area (Å²) in [6.45, 7) is 3.74. The summed E-state index contributed by atoms with van der Waals surface area (Å²) in [6.07, 6.45) is 1.51. The summed E-state index contributed by atoms with van der Waals surface area (Å²) in [7, 11) is 0. The van der Waals surface area contributed by atoms with Crippen molar-refractivity contribution < 1.29 is 9.53 Å². The number of anilines is 1. The van der Waals surface area contributed by atoms with Crippen molar-refractivity contribution in [2.45, 2.75) is 13.8 Å². The molecule has 4 nitrogen and oxygen atoms in total. The molecule has 0 spiro atoms. The van der Waals surface area contributed by atoms with Crippen LogP contribution in [0.5, 0.6) is 11.6 Å². The van der Waals surface area contributed by atoms with E-state index in [-0.39, 0.29) is 15.6 Å². The molecule has 0 aliphatic rings. The minimum Gasteiger partial charge on any atom is -0.438 e. The second-order valence-electron chi connectivity index (χ2n) is 5.91. The van der Waals surface area contributed by atoms with Crippen LogP contribution in [-0.4, -0.2) is 10.9 Å². The Balaban J connectivity index is 1.79. The van der Waals surface area contributed by atoms with Crippen molar-refractivity contribution in [3.05, 3.63) is 80.4 Å². The summed E-state index contributed by atoms with van der Waals surface area (Å²) in [5.74, 6) is 0.692. The molecule has 0 atom stereocenters. The number of pyridine rings is 1. The van der Waals surface area contributed by atoms with Gasteiger partial charge in [0.2, 0.25) is 5.88 Å². The zero-order chi connectivity index (χ0) is 19.6. The summed E-state index contributed by atoms with van der Waals surface area (Å²) in [4.78, 5) is 16.8. The number of carbonyl (C=O) groups excluding carboxylic acids is 1. The number of halogens is 3. The maximum absolute atomic E-state index is 12.5. The van der Waals surface area contributed by atoms with Crippen molar-refractivity contribution >= 4 is 46.4 Å². The van der Waals surface area contributed by atoms with E-state index in [9.17, 15) is 4.79 Å². The molecule has 7 heteroatoms. The lowest BCUT2D eigenvalue weighted by atomic mass is 10.2. The third kappa shape index (κ3) is 4.53. The van der Waals surface area contributed by atoms with E-state index in [1.807, 2.05) is 19.9 Å². The number of hydrogen-bond acceptors (Lipinski definition) is 3. The molecule has 0 aliphatic carbocycles. The summed E-state index contributed by atoms with van der Waals surface area (Å²) in [5, 5.41) is 3.95. The van der Waals surface area contributed by atoms with Crippen molar-refractivity contribution in [2.75, 3.05) is 5.32 Å². The van der Waals surface area contributed by atoms with E-state index >= 15 is 0 Å². The van der Waals surface area contributed by atoms with Crippen molar-refractivity contribution in [1.82, 2.24) is 4.98 Å². The van der Waals surface area contributed by atoms with Crippen LogP contribution < -0.4 is 10.1 Å². The lowest BCUT2D eigenvalue weighted by Gasteiger charge is -2.12. The molecule has 0 bridgehead atoms. The van der Waals surface area contributed by atoms with Crippen LogP contribution in [-0.2, 0) is 0 Å². The highest BCUT2D eigenvalue weighted by Gasteiger charge is 2.15. The number of rotatable bonds is 4. The number of ether oxygens (including phenoxy) is 1. The first-order valence-electron chi connectivity index (χ1n) is 8.01. The maximum Gasteiger partial charge on any atom is 0.258 e. The molecule has 1 N–H and O–H groups in total. The van der Waals surface area contributed by atoms with Crippen molar-refractivity contribution in [3.8, 4) is 11.6 Å². The molecule has 0 saturated carbocycles. The molecule has 138 valence electrons. The minimum atomic E-state index is -0.408. The molecule has 1 aromatic heterocycles. The highest BCUT2D eigenvalue weighted by atomic mass is 35.5. The van der Waals surface area contributed by atoms with Gasteiger partial charge < -0.3 is 10.1 Å². The Labute approximate surface area is 172 Å². The van der Waals surface area contributed by atoms with E-state index in [0.717, 1.165) is 11.1 Å². The Morgan fingerprint density at radius 2 is 1.70 bits per heavy atom. The fourth-order valence-electron chi connectivity index (χ4n) is 2.48. The molecule has 3 aromatic rings. The zero-order valence-corrected chi connectivity index (χ0v) is 16.8. The van der Waals surface area contributed by atoms with Crippen LogP contribution in [0.4, 0.5) is 5.69 Å². The van der Waals surface area contributed by atoms with E-state index in [2.05, 4.69) is 10.3 Å². The molecule has 0 unspecified atom stereocenters. The predicted octanol–water partition coefficient (Wildman–Crippen LogP) is 6.70. The van der Waals surface area contributed by atoms with Gasteiger partial charge >= 0.3 is 0 Å². The molecule has 1 amide bonds. The first-order valence-corrected chi connectivity index (χ1v) is 9.14. The smallest absolute Gasteiger partial charge is 0.258 e. The highest BCUT2D eigenvalue weighted by Crippen LogP contribution is 2.30. The van der Waals surface area contributed by atoms with E-state index < -0.39 is 5.91 Å². The van der Waals surface area contributed by atoms with Crippen LogP contribution >= 0.6 is 34.8 Å². The molecule has 0 aliphatic heterocycles. The quantitative estimate of drug-likeness (QED) is 0.509. The zero-order valence-electron chi connectivity index (χ0n) is 14.5. The Hall–Kier alpha value is -2.27. The molecule has 0 saturated heterocycles. The lowest BCUT2D eigenvalue weighted by Crippen LogP contribution is -2.13. The van der Waals surface area contributed by atoms with Crippen molar-refractivity contribution in [2.24, 2.45) is 0 Å². The van der Waals surface area contributed by atoms with Gasteiger partial charge in [-0.1, -0.05) is 40.9 Å². The summed E-state index contributed by atoms with van der Waals surface area (Å²) in [5.41, 5.74) is 2.38. The van der Waals surface area contributed by atoms with E-state index in [4.69, 9.17) is 39.5 Å². The fourth-order valence-corrected chi connectivity index (χ4v) is 3.27. The van der Waals surface area contributed by atoms with Gasteiger partial charge in [0, 0.05) is 10.6 Å². The van der Waals surface area contributed by atoms with Crippen LogP contribution in [0, 0.1) is 13.8 Å². The Morgan fingerprint density at radius 1 is 1.00 bits per heavy atom. The van der Waals surface area contributed by atoms with Crippen LogP contribution in [0.2, 0.25) is 15.1 Å².